The molecule has 24 heavy (non-hydrogen) atoms. The van der Waals surface area contributed by atoms with Crippen molar-refractivity contribution in [3.8, 4) is 5.75 Å². The van der Waals surface area contributed by atoms with Crippen LogP contribution in [0.3, 0.4) is 0 Å². The molecular formula is C17H25BrN2O4. The number of carbonyl (C=O) groups is 2. The highest BCUT2D eigenvalue weighted by Crippen LogP contribution is 2.33. The Kier molecular flexibility index (Phi) is 8.21. The molecular weight excluding hydrogens is 376 g/mol. The van der Waals surface area contributed by atoms with Gasteiger partial charge < -0.3 is 9.47 Å². The van der Waals surface area contributed by atoms with E-state index >= 15 is 0 Å². The molecule has 0 bridgehead atoms. The van der Waals surface area contributed by atoms with E-state index in [1.165, 1.54) is 0 Å². The van der Waals surface area contributed by atoms with E-state index in [4.69, 9.17) is 9.47 Å². The van der Waals surface area contributed by atoms with E-state index in [2.05, 4.69) is 47.6 Å². The lowest BCUT2D eigenvalue weighted by atomic mass is 9.86. The second-order valence-corrected chi connectivity index (χ2v) is 7.14. The smallest absolute Gasteiger partial charge is 0.276 e. The van der Waals surface area contributed by atoms with Gasteiger partial charge in [0.05, 0.1) is 13.0 Å². The fourth-order valence-corrected chi connectivity index (χ4v) is 2.27. The fourth-order valence-electron chi connectivity index (χ4n) is 1.90. The largest absolute Gasteiger partial charge is 0.483 e. The summed E-state index contributed by atoms with van der Waals surface area (Å²) in [5.41, 5.74) is 5.52. The lowest BCUT2D eigenvalue weighted by Crippen LogP contribution is -2.44. The number of rotatable bonds is 7. The first kappa shape index (κ1) is 20.4. The highest BCUT2D eigenvalue weighted by atomic mass is 79.9. The van der Waals surface area contributed by atoms with Crippen LogP contribution in [0, 0.1) is 0 Å². The Morgan fingerprint density at radius 1 is 1.17 bits per heavy atom. The Morgan fingerprint density at radius 3 is 2.46 bits per heavy atom. The number of hydrogen-bond acceptors (Lipinski definition) is 4. The summed E-state index contributed by atoms with van der Waals surface area (Å²) in [5, 5.41) is 0. The summed E-state index contributed by atoms with van der Waals surface area (Å²) in [5.74, 6) is -0.0955. The first-order chi connectivity index (χ1) is 11.2. The Balaban J connectivity index is 2.49. The summed E-state index contributed by atoms with van der Waals surface area (Å²) >= 11 is 3.44. The van der Waals surface area contributed by atoms with Crippen LogP contribution < -0.4 is 15.6 Å². The van der Waals surface area contributed by atoms with Crippen molar-refractivity contribution in [2.45, 2.75) is 39.5 Å². The van der Waals surface area contributed by atoms with Crippen molar-refractivity contribution in [1.29, 1.82) is 0 Å². The van der Waals surface area contributed by atoms with Crippen molar-refractivity contribution in [3.05, 3.63) is 28.2 Å². The van der Waals surface area contributed by atoms with Gasteiger partial charge in [0.2, 0.25) is 5.91 Å². The van der Waals surface area contributed by atoms with Crippen molar-refractivity contribution in [3.63, 3.8) is 0 Å². The Morgan fingerprint density at radius 2 is 1.83 bits per heavy atom. The van der Waals surface area contributed by atoms with E-state index < -0.39 is 5.91 Å². The molecule has 0 radical (unpaired) electrons. The predicted molar refractivity (Wildman–Crippen MR) is 95.7 cm³/mol. The van der Waals surface area contributed by atoms with Gasteiger partial charge in [-0.15, -0.1) is 0 Å². The topological polar surface area (TPSA) is 76.7 Å². The zero-order chi connectivity index (χ0) is 18.2. The molecule has 0 atom stereocenters. The van der Waals surface area contributed by atoms with Crippen molar-refractivity contribution in [2.75, 3.05) is 19.8 Å². The summed E-state index contributed by atoms with van der Waals surface area (Å²) in [6, 6.07) is 5.65. The van der Waals surface area contributed by atoms with Gasteiger partial charge in [-0.3, -0.25) is 20.4 Å². The summed E-state index contributed by atoms with van der Waals surface area (Å²) in [6.45, 7) is 8.75. The molecule has 0 aliphatic rings. The van der Waals surface area contributed by atoms with Crippen LogP contribution in [0.4, 0.5) is 0 Å². The second kappa shape index (κ2) is 9.64. The van der Waals surface area contributed by atoms with Crippen LogP contribution in [0.15, 0.2) is 22.7 Å². The zero-order valence-electron chi connectivity index (χ0n) is 14.6. The van der Waals surface area contributed by atoms with E-state index in [9.17, 15) is 9.59 Å². The van der Waals surface area contributed by atoms with Crippen molar-refractivity contribution < 1.29 is 19.1 Å². The van der Waals surface area contributed by atoms with Crippen LogP contribution in [0.1, 0.15) is 39.7 Å². The molecule has 0 saturated carbocycles. The van der Waals surface area contributed by atoms with Gasteiger partial charge in [0.15, 0.2) is 6.61 Å². The van der Waals surface area contributed by atoms with Crippen LogP contribution in [-0.4, -0.2) is 31.6 Å². The normalized spacial score (nSPS) is 11.0. The minimum absolute atomic E-state index is 0.122. The zero-order valence-corrected chi connectivity index (χ0v) is 16.2. The second-order valence-electron chi connectivity index (χ2n) is 6.22. The molecule has 0 saturated heterocycles. The van der Waals surface area contributed by atoms with E-state index in [0.29, 0.717) is 19.0 Å². The van der Waals surface area contributed by atoms with E-state index in [0.717, 1.165) is 10.0 Å². The molecule has 0 aliphatic heterocycles. The summed E-state index contributed by atoms with van der Waals surface area (Å²) < 4.78 is 11.6. The maximum atomic E-state index is 11.8. The number of hydrazine groups is 1. The SMILES string of the molecule is CCOCCC(=O)NNC(=O)COc1ccc(Br)cc1C(C)(C)C. The van der Waals surface area contributed by atoms with Crippen molar-refractivity contribution >= 4 is 27.7 Å². The third-order valence-corrected chi connectivity index (χ3v) is 3.62. The maximum Gasteiger partial charge on any atom is 0.276 e. The van der Waals surface area contributed by atoms with E-state index in [-0.39, 0.29) is 24.3 Å². The molecule has 0 unspecified atom stereocenters. The van der Waals surface area contributed by atoms with Gasteiger partial charge in [-0.05, 0) is 30.5 Å². The van der Waals surface area contributed by atoms with E-state index in [1.807, 2.05) is 25.1 Å². The molecule has 0 spiro atoms. The molecule has 0 heterocycles. The predicted octanol–water partition coefficient (Wildman–Crippen LogP) is 2.70. The fraction of sp³-hybridized carbons (Fsp3) is 0.529. The lowest BCUT2D eigenvalue weighted by molar-refractivity contribution is -0.130. The van der Waals surface area contributed by atoms with Gasteiger partial charge in [0.1, 0.15) is 5.75 Å². The van der Waals surface area contributed by atoms with Gasteiger partial charge in [-0.1, -0.05) is 36.7 Å². The first-order valence-electron chi connectivity index (χ1n) is 7.82. The van der Waals surface area contributed by atoms with Gasteiger partial charge in [-0.25, -0.2) is 0 Å². The maximum absolute atomic E-state index is 11.8. The van der Waals surface area contributed by atoms with Crippen molar-refractivity contribution in [1.82, 2.24) is 10.9 Å². The first-order valence-corrected chi connectivity index (χ1v) is 8.61. The van der Waals surface area contributed by atoms with Crippen LogP contribution in [0.2, 0.25) is 0 Å². The molecule has 134 valence electrons. The lowest BCUT2D eigenvalue weighted by Gasteiger charge is -2.23. The minimum Gasteiger partial charge on any atom is -0.483 e. The summed E-state index contributed by atoms with van der Waals surface area (Å²) in [6.07, 6.45) is 0.190. The molecule has 7 heteroatoms. The monoisotopic (exact) mass is 400 g/mol. The quantitative estimate of drug-likeness (QED) is 0.544. The Labute approximate surface area is 151 Å². The number of benzene rings is 1. The third-order valence-electron chi connectivity index (χ3n) is 3.13. The summed E-state index contributed by atoms with van der Waals surface area (Å²) in [4.78, 5) is 23.3. The molecule has 6 nitrogen and oxygen atoms in total. The number of ether oxygens (including phenoxy) is 2. The molecule has 0 aromatic heterocycles. The highest BCUT2D eigenvalue weighted by molar-refractivity contribution is 9.10. The average molecular weight is 401 g/mol. The standard InChI is InChI=1S/C17H25BrN2O4/c1-5-23-9-8-15(21)19-20-16(22)11-24-14-7-6-12(18)10-13(14)17(2,3)4/h6-7,10H,5,8-9,11H2,1-4H3,(H,19,21)(H,20,22). The third kappa shape index (κ3) is 7.31. The molecule has 0 fully saturated rings. The number of carbonyl (C=O) groups excluding carboxylic acids is 2. The van der Waals surface area contributed by atoms with E-state index in [1.54, 1.807) is 0 Å². The van der Waals surface area contributed by atoms with Gasteiger partial charge in [-0.2, -0.15) is 0 Å². The van der Waals surface area contributed by atoms with Crippen LogP contribution in [0.5, 0.6) is 5.75 Å². The minimum atomic E-state index is -0.428. The molecule has 1 aromatic carbocycles. The molecule has 1 rings (SSSR count). The average Bonchev–Trinajstić information content (AvgIpc) is 2.51. The molecule has 1 aromatic rings. The Hall–Kier alpha value is -1.60. The summed E-state index contributed by atoms with van der Waals surface area (Å²) in [7, 11) is 0. The van der Waals surface area contributed by atoms with Crippen molar-refractivity contribution in [2.24, 2.45) is 0 Å². The Bertz CT molecular complexity index is 570. The van der Waals surface area contributed by atoms with Crippen LogP contribution in [-0.2, 0) is 19.7 Å². The highest BCUT2D eigenvalue weighted by Gasteiger charge is 2.20. The molecule has 2 amide bonds. The molecule has 0 aliphatic carbocycles. The van der Waals surface area contributed by atoms with Crippen LogP contribution in [0.25, 0.3) is 0 Å². The van der Waals surface area contributed by atoms with Gasteiger partial charge in [0.25, 0.3) is 5.91 Å². The van der Waals surface area contributed by atoms with Crippen LogP contribution >= 0.6 is 15.9 Å². The number of amides is 2. The number of nitrogens with one attached hydrogen (secondary N) is 2. The number of halogens is 1. The molecule has 2 N–H and O–H groups in total. The number of hydrogen-bond donors (Lipinski definition) is 2. The van der Waals surface area contributed by atoms with Gasteiger partial charge >= 0.3 is 0 Å². The van der Waals surface area contributed by atoms with Gasteiger partial charge in [0, 0.05) is 16.6 Å².